The van der Waals surface area contributed by atoms with Gasteiger partial charge in [0.25, 0.3) is 0 Å². The first-order valence-corrected chi connectivity index (χ1v) is 10.0. The summed E-state index contributed by atoms with van der Waals surface area (Å²) in [6.45, 7) is 4.74. The van der Waals surface area contributed by atoms with Crippen LogP contribution in [0.2, 0.25) is 0 Å². The molecule has 2 aliphatic carbocycles. The van der Waals surface area contributed by atoms with Crippen LogP contribution in [0.25, 0.3) is 21.5 Å². The number of hydrogen-bond acceptors (Lipinski definition) is 3. The van der Waals surface area contributed by atoms with Crippen molar-refractivity contribution in [3.8, 4) is 11.3 Å². The lowest BCUT2D eigenvalue weighted by molar-refractivity contribution is 0.494. The average Bonchev–Trinajstić information content (AvgIpc) is 3.19. The molecule has 0 fully saturated rings. The first kappa shape index (κ1) is 14.7. The maximum Gasteiger partial charge on any atom is 0.134 e. The maximum absolute atomic E-state index is 5.89. The Bertz CT molecular complexity index is 906. The van der Waals surface area contributed by atoms with E-state index in [0.717, 1.165) is 30.4 Å². The summed E-state index contributed by atoms with van der Waals surface area (Å²) in [5.41, 5.74) is 5.70. The van der Waals surface area contributed by atoms with Crippen LogP contribution < -0.4 is 0 Å². The van der Waals surface area contributed by atoms with E-state index in [0.29, 0.717) is 0 Å². The van der Waals surface area contributed by atoms with Gasteiger partial charge in [-0.2, -0.15) is 0 Å². The molecule has 3 heterocycles. The van der Waals surface area contributed by atoms with E-state index in [4.69, 9.17) is 9.40 Å². The van der Waals surface area contributed by atoms with Crippen LogP contribution in [0.1, 0.15) is 48.4 Å². The molecule has 24 heavy (non-hydrogen) atoms. The van der Waals surface area contributed by atoms with E-state index in [1.54, 1.807) is 16.7 Å². The lowest BCUT2D eigenvalue weighted by atomic mass is 9.82. The van der Waals surface area contributed by atoms with Gasteiger partial charge in [-0.15, -0.1) is 11.3 Å². The summed E-state index contributed by atoms with van der Waals surface area (Å²) in [6, 6.07) is 4.14. The van der Waals surface area contributed by atoms with Crippen LogP contribution in [-0.2, 0) is 25.7 Å². The molecule has 0 amide bonds. The van der Waals surface area contributed by atoms with E-state index in [1.165, 1.54) is 52.7 Å². The van der Waals surface area contributed by atoms with Crippen LogP contribution in [-0.4, -0.2) is 4.98 Å². The highest BCUT2D eigenvalue weighted by Gasteiger charge is 2.29. The summed E-state index contributed by atoms with van der Waals surface area (Å²) in [5.74, 6) is 2.57. The highest BCUT2D eigenvalue weighted by atomic mass is 32.1. The molecule has 0 radical (unpaired) electrons. The van der Waals surface area contributed by atoms with Crippen molar-refractivity contribution in [3.63, 3.8) is 0 Å². The fourth-order valence-corrected chi connectivity index (χ4v) is 5.92. The maximum atomic E-state index is 5.89. The van der Waals surface area contributed by atoms with Gasteiger partial charge in [0, 0.05) is 21.5 Å². The molecule has 0 aliphatic heterocycles. The Morgan fingerprint density at radius 2 is 1.92 bits per heavy atom. The molecule has 0 saturated carbocycles. The molecule has 0 aromatic carbocycles. The standard InChI is InChI=1S/C21H23NOS/c1-12-6-8-16-15(10-12)19(17-4-3-9-23-17)20-14-7-5-13(2)11-18(14)24-21(20)22-16/h3-4,9,12-13H,5-8,10-11H2,1-2H3/t12-,13+/m0/s1. The molecule has 3 heteroatoms. The summed E-state index contributed by atoms with van der Waals surface area (Å²) in [5, 5.41) is 1.41. The van der Waals surface area contributed by atoms with E-state index in [-0.39, 0.29) is 0 Å². The van der Waals surface area contributed by atoms with Gasteiger partial charge in [0.2, 0.25) is 0 Å². The van der Waals surface area contributed by atoms with Gasteiger partial charge in [0.15, 0.2) is 0 Å². The van der Waals surface area contributed by atoms with Crippen molar-refractivity contribution in [3.05, 3.63) is 40.1 Å². The van der Waals surface area contributed by atoms with Gasteiger partial charge < -0.3 is 4.42 Å². The molecule has 0 N–H and O–H groups in total. The number of nitrogens with zero attached hydrogens (tertiary/aromatic N) is 1. The van der Waals surface area contributed by atoms with Crippen LogP contribution >= 0.6 is 11.3 Å². The molecule has 2 aliphatic rings. The zero-order chi connectivity index (χ0) is 16.3. The lowest BCUT2D eigenvalue weighted by Crippen LogP contribution is -2.14. The lowest BCUT2D eigenvalue weighted by Gasteiger charge is -2.24. The van der Waals surface area contributed by atoms with Gasteiger partial charge in [-0.25, -0.2) is 4.98 Å². The molecule has 0 spiro atoms. The summed E-state index contributed by atoms with van der Waals surface area (Å²) >= 11 is 1.94. The molecule has 3 aromatic heterocycles. The highest BCUT2D eigenvalue weighted by Crippen LogP contribution is 2.45. The van der Waals surface area contributed by atoms with Crippen molar-refractivity contribution in [2.75, 3.05) is 0 Å². The SMILES string of the molecule is C[C@@H]1CCc2c(sc3nc4c(c(-c5ccco5)c23)C[C@@H](C)CC4)C1. The average molecular weight is 337 g/mol. The minimum absolute atomic E-state index is 0.736. The Labute approximate surface area is 146 Å². The van der Waals surface area contributed by atoms with Gasteiger partial charge in [0.1, 0.15) is 10.6 Å². The number of fused-ring (bicyclic) bond motifs is 4. The largest absolute Gasteiger partial charge is 0.464 e. The molecule has 0 unspecified atom stereocenters. The topological polar surface area (TPSA) is 26.0 Å². The number of hydrogen-bond donors (Lipinski definition) is 0. The molecule has 5 rings (SSSR count). The predicted octanol–water partition coefficient (Wildman–Crippen LogP) is 5.81. The molecule has 0 bridgehead atoms. The molecule has 2 nitrogen and oxygen atoms in total. The van der Waals surface area contributed by atoms with Crippen molar-refractivity contribution in [2.24, 2.45) is 11.8 Å². The van der Waals surface area contributed by atoms with Crippen LogP contribution in [0.15, 0.2) is 22.8 Å². The monoisotopic (exact) mass is 337 g/mol. The van der Waals surface area contributed by atoms with E-state index < -0.39 is 0 Å². The molecule has 2 atom stereocenters. The van der Waals surface area contributed by atoms with Gasteiger partial charge in [-0.05, 0) is 73.6 Å². The van der Waals surface area contributed by atoms with Crippen molar-refractivity contribution < 1.29 is 4.42 Å². The fraction of sp³-hybridized carbons (Fsp3) is 0.476. The van der Waals surface area contributed by atoms with Crippen molar-refractivity contribution in [2.45, 2.75) is 52.4 Å². The van der Waals surface area contributed by atoms with Crippen LogP contribution in [0.4, 0.5) is 0 Å². The third-order valence-corrected chi connectivity index (χ3v) is 6.97. The van der Waals surface area contributed by atoms with E-state index in [2.05, 4.69) is 19.9 Å². The van der Waals surface area contributed by atoms with Gasteiger partial charge >= 0.3 is 0 Å². The molecule has 3 aromatic rings. The second kappa shape index (κ2) is 5.45. The zero-order valence-electron chi connectivity index (χ0n) is 14.4. The molecular formula is C21H23NOS. The smallest absolute Gasteiger partial charge is 0.134 e. The fourth-order valence-electron chi connectivity index (χ4n) is 4.51. The number of aryl methyl sites for hydroxylation is 2. The minimum atomic E-state index is 0.736. The number of thiophene rings is 1. The predicted molar refractivity (Wildman–Crippen MR) is 99.7 cm³/mol. The summed E-state index contributed by atoms with van der Waals surface area (Å²) in [4.78, 5) is 7.94. The Kier molecular flexibility index (Phi) is 3.34. The second-order valence-electron chi connectivity index (χ2n) is 7.77. The summed E-state index contributed by atoms with van der Waals surface area (Å²) in [7, 11) is 0. The third kappa shape index (κ3) is 2.17. The zero-order valence-corrected chi connectivity index (χ0v) is 15.2. The Morgan fingerprint density at radius 1 is 1.08 bits per heavy atom. The third-order valence-electron chi connectivity index (χ3n) is 5.82. The Balaban J connectivity index is 1.85. The number of furan rings is 1. The van der Waals surface area contributed by atoms with Gasteiger partial charge in [-0.3, -0.25) is 0 Å². The second-order valence-corrected chi connectivity index (χ2v) is 8.85. The van der Waals surface area contributed by atoms with Crippen molar-refractivity contribution in [1.29, 1.82) is 0 Å². The normalized spacial score (nSPS) is 23.2. The van der Waals surface area contributed by atoms with Crippen LogP contribution in [0.5, 0.6) is 0 Å². The minimum Gasteiger partial charge on any atom is -0.464 e. The Morgan fingerprint density at radius 3 is 2.75 bits per heavy atom. The first-order valence-electron chi connectivity index (χ1n) is 9.20. The van der Waals surface area contributed by atoms with E-state index in [9.17, 15) is 0 Å². The Hall–Kier alpha value is -1.61. The summed E-state index contributed by atoms with van der Waals surface area (Å²) < 4.78 is 5.89. The van der Waals surface area contributed by atoms with E-state index >= 15 is 0 Å². The van der Waals surface area contributed by atoms with Crippen LogP contribution in [0, 0.1) is 11.8 Å². The van der Waals surface area contributed by atoms with Gasteiger partial charge in [0.05, 0.1) is 6.26 Å². The van der Waals surface area contributed by atoms with Crippen molar-refractivity contribution in [1.82, 2.24) is 4.98 Å². The molecular weight excluding hydrogens is 314 g/mol. The quantitative estimate of drug-likeness (QED) is 0.560. The number of aromatic nitrogens is 1. The number of rotatable bonds is 1. The summed E-state index contributed by atoms with van der Waals surface area (Å²) in [6.07, 6.45) is 9.01. The molecule has 124 valence electrons. The van der Waals surface area contributed by atoms with Gasteiger partial charge in [-0.1, -0.05) is 13.8 Å². The number of pyridine rings is 1. The first-order chi connectivity index (χ1) is 11.7. The van der Waals surface area contributed by atoms with Crippen molar-refractivity contribution >= 4 is 21.6 Å². The van der Waals surface area contributed by atoms with Crippen LogP contribution in [0.3, 0.4) is 0 Å². The highest BCUT2D eigenvalue weighted by molar-refractivity contribution is 7.19. The molecule has 0 saturated heterocycles. The van der Waals surface area contributed by atoms with E-state index in [1.807, 2.05) is 17.4 Å².